The molecule has 0 aromatic carbocycles. The minimum absolute atomic E-state index is 0.303. The Morgan fingerprint density at radius 1 is 1.25 bits per heavy atom. The largest absolute Gasteiger partial charge is 0.305 e. The van der Waals surface area contributed by atoms with Gasteiger partial charge in [0, 0.05) is 26.2 Å². The van der Waals surface area contributed by atoms with Crippen molar-refractivity contribution >= 4 is 11.1 Å². The van der Waals surface area contributed by atoms with Crippen LogP contribution in [0, 0.1) is 0 Å². The molecule has 1 rings (SSSR count). The molecule has 5 heteroatoms. The van der Waals surface area contributed by atoms with Crippen LogP contribution in [0.1, 0.15) is 6.92 Å². The monoisotopic (exact) mass is 192 g/mol. The molecule has 1 unspecified atom stereocenters. The third-order valence-corrected chi connectivity index (χ3v) is 2.79. The van der Waals surface area contributed by atoms with E-state index in [0.29, 0.717) is 5.88 Å². The molecule has 0 spiro atoms. The minimum atomic E-state index is -1.67. The normalized spacial score (nSPS) is 24.2. The lowest BCUT2D eigenvalue weighted by Gasteiger charge is -2.32. The standard InChI is InChI=1S/C7H16N2O2S/c1-2-8-3-5-9(6-4-8)7-12(10)11/h2-7H2,1H3,(H,10,11). The van der Waals surface area contributed by atoms with Crippen molar-refractivity contribution in [2.45, 2.75) is 6.92 Å². The van der Waals surface area contributed by atoms with Gasteiger partial charge in [-0.05, 0) is 6.54 Å². The van der Waals surface area contributed by atoms with Gasteiger partial charge in [0.05, 0.1) is 0 Å². The molecule has 12 heavy (non-hydrogen) atoms. The van der Waals surface area contributed by atoms with Crippen molar-refractivity contribution in [3.05, 3.63) is 0 Å². The van der Waals surface area contributed by atoms with Gasteiger partial charge in [-0.25, -0.2) is 4.21 Å². The Bertz CT molecular complexity index is 157. The second kappa shape index (κ2) is 4.91. The topological polar surface area (TPSA) is 43.8 Å². The number of likely N-dealkylation sites (N-methyl/N-ethyl adjacent to an activating group) is 1. The van der Waals surface area contributed by atoms with E-state index in [2.05, 4.69) is 11.8 Å². The van der Waals surface area contributed by atoms with Crippen molar-refractivity contribution in [2.24, 2.45) is 0 Å². The van der Waals surface area contributed by atoms with Gasteiger partial charge >= 0.3 is 0 Å². The van der Waals surface area contributed by atoms with E-state index in [1.807, 2.05) is 4.90 Å². The average molecular weight is 192 g/mol. The zero-order chi connectivity index (χ0) is 8.97. The Kier molecular flexibility index (Phi) is 4.14. The maximum Gasteiger partial charge on any atom is 0.167 e. The van der Waals surface area contributed by atoms with Gasteiger partial charge in [-0.15, -0.1) is 0 Å². The highest BCUT2D eigenvalue weighted by molar-refractivity contribution is 7.79. The first kappa shape index (κ1) is 10.1. The second-order valence-electron chi connectivity index (χ2n) is 3.00. The summed E-state index contributed by atoms with van der Waals surface area (Å²) in [5, 5.41) is 0. The van der Waals surface area contributed by atoms with Gasteiger partial charge in [0.15, 0.2) is 11.1 Å². The molecule has 1 aliphatic heterocycles. The van der Waals surface area contributed by atoms with Crippen molar-refractivity contribution < 1.29 is 8.76 Å². The molecule has 0 bridgehead atoms. The lowest BCUT2D eigenvalue weighted by Crippen LogP contribution is -2.46. The smallest absolute Gasteiger partial charge is 0.167 e. The molecule has 1 N–H and O–H groups in total. The molecule has 0 aliphatic carbocycles. The van der Waals surface area contributed by atoms with E-state index in [1.54, 1.807) is 0 Å². The third kappa shape index (κ3) is 3.18. The summed E-state index contributed by atoms with van der Waals surface area (Å²) in [5.41, 5.74) is 0. The van der Waals surface area contributed by atoms with Crippen molar-refractivity contribution in [3.63, 3.8) is 0 Å². The van der Waals surface area contributed by atoms with Crippen LogP contribution >= 0.6 is 0 Å². The lowest BCUT2D eigenvalue weighted by atomic mass is 10.3. The van der Waals surface area contributed by atoms with Crippen LogP contribution in [0.25, 0.3) is 0 Å². The second-order valence-corrected chi connectivity index (χ2v) is 3.90. The number of hydrogen-bond acceptors (Lipinski definition) is 3. The molecule has 0 aromatic heterocycles. The van der Waals surface area contributed by atoms with E-state index in [-0.39, 0.29) is 0 Å². The van der Waals surface area contributed by atoms with Crippen molar-refractivity contribution in [1.29, 1.82) is 0 Å². The van der Waals surface area contributed by atoms with Gasteiger partial charge in [-0.3, -0.25) is 4.90 Å². The summed E-state index contributed by atoms with van der Waals surface area (Å²) in [6.07, 6.45) is 0. The molecule has 0 aromatic rings. The Morgan fingerprint density at radius 2 is 1.75 bits per heavy atom. The van der Waals surface area contributed by atoms with Crippen molar-refractivity contribution in [1.82, 2.24) is 9.80 Å². The zero-order valence-corrected chi connectivity index (χ0v) is 8.22. The first-order valence-electron chi connectivity index (χ1n) is 4.24. The van der Waals surface area contributed by atoms with E-state index >= 15 is 0 Å². The number of rotatable bonds is 3. The molecule has 1 fully saturated rings. The molecular formula is C7H16N2O2S. The highest BCUT2D eigenvalue weighted by Gasteiger charge is 2.16. The molecule has 1 aliphatic rings. The minimum Gasteiger partial charge on any atom is -0.305 e. The van der Waals surface area contributed by atoms with Gasteiger partial charge in [-0.2, -0.15) is 0 Å². The van der Waals surface area contributed by atoms with E-state index < -0.39 is 11.1 Å². The van der Waals surface area contributed by atoms with Gasteiger partial charge in [0.1, 0.15) is 5.88 Å². The zero-order valence-electron chi connectivity index (χ0n) is 7.40. The van der Waals surface area contributed by atoms with E-state index in [0.717, 1.165) is 32.7 Å². The summed E-state index contributed by atoms with van der Waals surface area (Å²) >= 11 is -1.67. The predicted octanol–water partition coefficient (Wildman–Crippen LogP) is -0.197. The molecule has 0 radical (unpaired) electrons. The quantitative estimate of drug-likeness (QED) is 0.629. The fraction of sp³-hybridized carbons (Fsp3) is 1.00. The van der Waals surface area contributed by atoms with Crippen LogP contribution in [-0.4, -0.2) is 57.2 Å². The fourth-order valence-corrected chi connectivity index (χ4v) is 1.96. The molecule has 1 saturated heterocycles. The summed E-state index contributed by atoms with van der Waals surface area (Å²) in [7, 11) is 0. The lowest BCUT2D eigenvalue weighted by molar-refractivity contribution is 0.153. The summed E-state index contributed by atoms with van der Waals surface area (Å²) in [5.74, 6) is 0.303. The average Bonchev–Trinajstić information content (AvgIpc) is 2.05. The first-order chi connectivity index (χ1) is 5.72. The highest BCUT2D eigenvalue weighted by Crippen LogP contribution is 2.00. The Hall–Kier alpha value is 0.0300. The SMILES string of the molecule is CCN1CCN(CS(=O)O)CC1. The summed E-state index contributed by atoms with van der Waals surface area (Å²) in [6.45, 7) is 7.09. The molecule has 1 heterocycles. The molecule has 1 atom stereocenters. The van der Waals surface area contributed by atoms with Crippen LogP contribution in [-0.2, 0) is 11.1 Å². The van der Waals surface area contributed by atoms with Crippen LogP contribution < -0.4 is 0 Å². The van der Waals surface area contributed by atoms with Crippen LogP contribution in [0.5, 0.6) is 0 Å². The Labute approximate surface area is 75.8 Å². The maximum absolute atomic E-state index is 10.5. The van der Waals surface area contributed by atoms with E-state index in [4.69, 9.17) is 4.55 Å². The number of piperazine rings is 1. The fourth-order valence-electron chi connectivity index (χ4n) is 1.39. The maximum atomic E-state index is 10.5. The van der Waals surface area contributed by atoms with Crippen molar-refractivity contribution in [2.75, 3.05) is 38.6 Å². The summed E-state index contributed by atoms with van der Waals surface area (Å²) < 4.78 is 19.1. The molecule has 0 amide bonds. The van der Waals surface area contributed by atoms with Gasteiger partial charge in [0.25, 0.3) is 0 Å². The van der Waals surface area contributed by atoms with Gasteiger partial charge in [0.2, 0.25) is 0 Å². The van der Waals surface area contributed by atoms with Crippen LogP contribution in [0.4, 0.5) is 0 Å². The summed E-state index contributed by atoms with van der Waals surface area (Å²) in [4.78, 5) is 4.37. The first-order valence-corrected chi connectivity index (χ1v) is 5.52. The third-order valence-electron chi connectivity index (χ3n) is 2.21. The molecule has 72 valence electrons. The number of nitrogens with zero attached hydrogens (tertiary/aromatic N) is 2. The van der Waals surface area contributed by atoms with Crippen LogP contribution in [0.3, 0.4) is 0 Å². The van der Waals surface area contributed by atoms with E-state index in [1.165, 1.54) is 0 Å². The van der Waals surface area contributed by atoms with E-state index in [9.17, 15) is 4.21 Å². The van der Waals surface area contributed by atoms with Crippen LogP contribution in [0.15, 0.2) is 0 Å². The molecular weight excluding hydrogens is 176 g/mol. The number of hydrogen-bond donors (Lipinski definition) is 1. The predicted molar refractivity (Wildman–Crippen MR) is 49.3 cm³/mol. The Morgan fingerprint density at radius 3 is 2.17 bits per heavy atom. The Balaban J connectivity index is 2.21. The van der Waals surface area contributed by atoms with Gasteiger partial charge in [-0.1, -0.05) is 6.92 Å². The molecule has 0 saturated carbocycles. The van der Waals surface area contributed by atoms with Crippen molar-refractivity contribution in [3.8, 4) is 0 Å². The van der Waals surface area contributed by atoms with Crippen LogP contribution in [0.2, 0.25) is 0 Å². The highest BCUT2D eigenvalue weighted by atomic mass is 32.2. The van der Waals surface area contributed by atoms with Gasteiger partial charge < -0.3 is 9.45 Å². The summed E-state index contributed by atoms with van der Waals surface area (Å²) in [6, 6.07) is 0. The molecule has 4 nitrogen and oxygen atoms in total.